The van der Waals surface area contributed by atoms with Gasteiger partial charge in [0.05, 0.1) is 24.2 Å². The average molecular weight is 322 g/mol. The Labute approximate surface area is 137 Å². The first-order chi connectivity index (χ1) is 10.9. The van der Waals surface area contributed by atoms with Crippen molar-refractivity contribution in [2.45, 2.75) is 57.5 Å². The lowest BCUT2D eigenvalue weighted by Gasteiger charge is -2.58. The Kier molecular flexibility index (Phi) is 4.50. The Hall–Kier alpha value is -1.36. The van der Waals surface area contributed by atoms with Gasteiger partial charge in [0.1, 0.15) is 0 Å². The van der Waals surface area contributed by atoms with E-state index >= 15 is 0 Å². The highest BCUT2D eigenvalue weighted by molar-refractivity contribution is 5.81. The van der Waals surface area contributed by atoms with Crippen LogP contribution >= 0.6 is 0 Å². The Morgan fingerprint density at radius 2 is 1.78 bits per heavy atom. The number of esters is 2. The number of hydrogen-bond donors (Lipinski definition) is 1. The normalized spacial score (nSPS) is 38.0. The predicted octanol–water partition coefficient (Wildman–Crippen LogP) is 2.37. The molecular weight excluding hydrogens is 296 g/mol. The fourth-order valence-corrected chi connectivity index (χ4v) is 5.19. The number of carbonyl (C=O) groups is 2. The number of hydrogen-bond acceptors (Lipinski definition) is 5. The van der Waals surface area contributed by atoms with E-state index in [1.807, 2.05) is 0 Å². The van der Waals surface area contributed by atoms with E-state index in [0.29, 0.717) is 24.7 Å². The minimum absolute atomic E-state index is 0.162. The second kappa shape index (κ2) is 6.27. The van der Waals surface area contributed by atoms with Gasteiger partial charge in [0.25, 0.3) is 0 Å². The molecule has 5 heteroatoms. The molecule has 0 aromatic carbocycles. The molecule has 4 bridgehead atoms. The molecule has 2 unspecified atom stereocenters. The molecule has 5 nitrogen and oxygen atoms in total. The van der Waals surface area contributed by atoms with Crippen LogP contribution in [0.1, 0.15) is 51.9 Å². The molecule has 23 heavy (non-hydrogen) atoms. The summed E-state index contributed by atoms with van der Waals surface area (Å²) in [4.78, 5) is 23.7. The third kappa shape index (κ3) is 3.44. The lowest BCUT2D eigenvalue weighted by molar-refractivity contribution is -0.196. The molecule has 0 aromatic heterocycles. The third-order valence-corrected chi connectivity index (χ3v) is 5.53. The van der Waals surface area contributed by atoms with Gasteiger partial charge in [-0.05, 0) is 57.3 Å². The number of aliphatic hydroxyl groups is 1. The molecule has 4 fully saturated rings. The summed E-state index contributed by atoms with van der Waals surface area (Å²) in [5.74, 6) is 0.401. The molecule has 0 amide bonds. The summed E-state index contributed by atoms with van der Waals surface area (Å²) in [7, 11) is 0. The first-order valence-corrected chi connectivity index (χ1v) is 8.64. The van der Waals surface area contributed by atoms with Gasteiger partial charge < -0.3 is 14.6 Å². The lowest BCUT2D eigenvalue weighted by atomic mass is 9.48. The van der Waals surface area contributed by atoms with Crippen LogP contribution in [0.4, 0.5) is 0 Å². The third-order valence-electron chi connectivity index (χ3n) is 5.53. The Balaban J connectivity index is 1.46. The first-order valence-electron chi connectivity index (χ1n) is 8.64. The summed E-state index contributed by atoms with van der Waals surface area (Å²) >= 11 is 0. The van der Waals surface area contributed by atoms with Crippen LogP contribution in [-0.4, -0.2) is 35.9 Å². The molecule has 4 saturated carbocycles. The maximum atomic E-state index is 12.6. The van der Waals surface area contributed by atoms with Crippen LogP contribution in [0.15, 0.2) is 12.2 Å². The standard InChI is InChI=1S/C18H26O5/c1-2-4-15(19)22-5-3-6-23-16(20)17-8-13-7-14(9-17)11-18(21,10-13)12-17/h2,4,13-14,21H,3,5-12H2,1H3. The van der Waals surface area contributed by atoms with Crippen LogP contribution in [0.25, 0.3) is 0 Å². The lowest BCUT2D eigenvalue weighted by Crippen LogP contribution is -2.58. The van der Waals surface area contributed by atoms with Gasteiger partial charge in [-0.3, -0.25) is 4.79 Å². The van der Waals surface area contributed by atoms with E-state index in [9.17, 15) is 14.7 Å². The number of allylic oxidation sites excluding steroid dienone is 1. The second-order valence-electron chi connectivity index (χ2n) is 7.62. The van der Waals surface area contributed by atoms with Crippen molar-refractivity contribution in [3.05, 3.63) is 12.2 Å². The van der Waals surface area contributed by atoms with Crippen molar-refractivity contribution in [2.24, 2.45) is 17.3 Å². The zero-order valence-electron chi connectivity index (χ0n) is 13.8. The van der Waals surface area contributed by atoms with Crippen molar-refractivity contribution in [3.8, 4) is 0 Å². The van der Waals surface area contributed by atoms with E-state index in [2.05, 4.69) is 0 Å². The summed E-state index contributed by atoms with van der Waals surface area (Å²) in [5.41, 5.74) is -1.12. The van der Waals surface area contributed by atoms with E-state index in [1.165, 1.54) is 6.08 Å². The smallest absolute Gasteiger partial charge is 0.330 e. The molecule has 0 spiro atoms. The SMILES string of the molecule is CC=CC(=O)OCCCOC(=O)C12CC3CC(CC(O)(C3)C1)C2. The first kappa shape index (κ1) is 16.5. The van der Waals surface area contributed by atoms with Crippen LogP contribution < -0.4 is 0 Å². The molecule has 0 aliphatic heterocycles. The average Bonchev–Trinajstić information content (AvgIpc) is 2.44. The van der Waals surface area contributed by atoms with Crippen LogP contribution in [0.5, 0.6) is 0 Å². The predicted molar refractivity (Wildman–Crippen MR) is 83.4 cm³/mol. The Morgan fingerprint density at radius 1 is 1.13 bits per heavy atom. The topological polar surface area (TPSA) is 72.8 Å². The molecule has 4 rings (SSSR count). The van der Waals surface area contributed by atoms with Gasteiger partial charge in [0.2, 0.25) is 0 Å². The number of rotatable bonds is 6. The van der Waals surface area contributed by atoms with Gasteiger partial charge in [-0.25, -0.2) is 4.79 Å². The molecule has 0 radical (unpaired) electrons. The van der Waals surface area contributed by atoms with Crippen LogP contribution in [-0.2, 0) is 19.1 Å². The fraction of sp³-hybridized carbons (Fsp3) is 0.778. The zero-order chi connectivity index (χ0) is 16.5. The molecule has 4 aliphatic carbocycles. The van der Waals surface area contributed by atoms with Gasteiger partial charge in [0, 0.05) is 12.5 Å². The van der Waals surface area contributed by atoms with Crippen molar-refractivity contribution < 1.29 is 24.2 Å². The van der Waals surface area contributed by atoms with Crippen LogP contribution in [0.2, 0.25) is 0 Å². The van der Waals surface area contributed by atoms with E-state index < -0.39 is 11.0 Å². The Morgan fingerprint density at radius 3 is 2.39 bits per heavy atom. The molecule has 0 saturated heterocycles. The Bertz CT molecular complexity index is 496. The molecule has 1 N–H and O–H groups in total. The summed E-state index contributed by atoms with van der Waals surface area (Å²) in [6, 6.07) is 0. The van der Waals surface area contributed by atoms with E-state index in [-0.39, 0.29) is 25.2 Å². The number of carbonyl (C=O) groups excluding carboxylic acids is 2. The summed E-state index contributed by atoms with van der Waals surface area (Å²) in [5, 5.41) is 10.7. The van der Waals surface area contributed by atoms with Crippen molar-refractivity contribution in [1.29, 1.82) is 0 Å². The molecule has 4 aliphatic rings. The van der Waals surface area contributed by atoms with E-state index in [4.69, 9.17) is 9.47 Å². The van der Waals surface area contributed by atoms with Gasteiger partial charge in [-0.15, -0.1) is 0 Å². The number of ether oxygens (including phenoxy) is 2. The highest BCUT2D eigenvalue weighted by Gasteiger charge is 2.60. The molecule has 128 valence electrons. The van der Waals surface area contributed by atoms with Gasteiger partial charge in [0.15, 0.2) is 0 Å². The largest absolute Gasteiger partial charge is 0.465 e. The quantitative estimate of drug-likeness (QED) is 0.462. The maximum absolute atomic E-state index is 12.6. The van der Waals surface area contributed by atoms with Gasteiger partial charge >= 0.3 is 11.9 Å². The van der Waals surface area contributed by atoms with Crippen LogP contribution in [0.3, 0.4) is 0 Å². The van der Waals surface area contributed by atoms with Crippen molar-refractivity contribution in [1.82, 2.24) is 0 Å². The summed E-state index contributed by atoms with van der Waals surface area (Å²) in [6.07, 6.45) is 8.62. The van der Waals surface area contributed by atoms with Crippen molar-refractivity contribution in [2.75, 3.05) is 13.2 Å². The summed E-state index contributed by atoms with van der Waals surface area (Å²) in [6.45, 7) is 2.26. The molecule has 0 aromatic rings. The maximum Gasteiger partial charge on any atom is 0.330 e. The highest BCUT2D eigenvalue weighted by atomic mass is 16.5. The zero-order valence-corrected chi connectivity index (χ0v) is 13.8. The molecule has 0 heterocycles. The second-order valence-corrected chi connectivity index (χ2v) is 7.62. The van der Waals surface area contributed by atoms with Crippen molar-refractivity contribution in [3.63, 3.8) is 0 Å². The summed E-state index contributed by atoms with van der Waals surface area (Å²) < 4.78 is 10.4. The van der Waals surface area contributed by atoms with Gasteiger partial charge in [-0.2, -0.15) is 0 Å². The fourth-order valence-electron chi connectivity index (χ4n) is 5.19. The van der Waals surface area contributed by atoms with Gasteiger partial charge in [-0.1, -0.05) is 6.08 Å². The monoisotopic (exact) mass is 322 g/mol. The minimum Gasteiger partial charge on any atom is -0.465 e. The molecular formula is C18H26O5. The molecule has 2 atom stereocenters. The highest BCUT2D eigenvalue weighted by Crippen LogP contribution is 2.61. The van der Waals surface area contributed by atoms with Crippen molar-refractivity contribution >= 4 is 11.9 Å². The minimum atomic E-state index is -0.648. The van der Waals surface area contributed by atoms with E-state index in [0.717, 1.165) is 32.1 Å². The van der Waals surface area contributed by atoms with E-state index in [1.54, 1.807) is 13.0 Å². The van der Waals surface area contributed by atoms with Crippen LogP contribution in [0, 0.1) is 17.3 Å².